The monoisotopic (exact) mass is 424 g/mol. The van der Waals surface area contributed by atoms with Crippen LogP contribution in [0, 0.1) is 0 Å². The minimum absolute atomic E-state index is 0.0452. The van der Waals surface area contributed by atoms with Crippen molar-refractivity contribution < 1.29 is 27.4 Å². The number of carbonyl (C=O) groups excluding carboxylic acids is 1. The molecule has 0 saturated heterocycles. The highest BCUT2D eigenvalue weighted by molar-refractivity contribution is 5.89. The molecule has 0 saturated carbocycles. The average molecular weight is 424 g/mol. The van der Waals surface area contributed by atoms with Gasteiger partial charge in [-0.25, -0.2) is 14.8 Å². The van der Waals surface area contributed by atoms with Crippen LogP contribution in [0.4, 0.5) is 13.2 Å². The molecule has 1 heterocycles. The fraction of sp³-hybridized carbons (Fsp3) is 0.0870. The Bertz CT molecular complexity index is 1240. The quantitative estimate of drug-likeness (QED) is 0.382. The van der Waals surface area contributed by atoms with Gasteiger partial charge in [-0.2, -0.15) is 13.2 Å². The molecular formula is C23H15F3N2O3. The van der Waals surface area contributed by atoms with E-state index in [1.807, 2.05) is 18.2 Å². The summed E-state index contributed by atoms with van der Waals surface area (Å²) >= 11 is 0. The maximum atomic E-state index is 13.1. The lowest BCUT2D eigenvalue weighted by Gasteiger charge is -2.13. The summed E-state index contributed by atoms with van der Waals surface area (Å²) in [7, 11) is 1.28. The highest BCUT2D eigenvalue weighted by Crippen LogP contribution is 2.35. The van der Waals surface area contributed by atoms with Crippen LogP contribution in [-0.2, 0) is 10.9 Å². The van der Waals surface area contributed by atoms with Crippen molar-refractivity contribution in [3.8, 4) is 22.9 Å². The van der Waals surface area contributed by atoms with Crippen molar-refractivity contribution in [3.63, 3.8) is 0 Å². The summed E-state index contributed by atoms with van der Waals surface area (Å²) in [6.07, 6.45) is -4.50. The van der Waals surface area contributed by atoms with Crippen LogP contribution in [0.3, 0.4) is 0 Å². The number of fused-ring (bicyclic) bond motifs is 1. The molecule has 0 fully saturated rings. The number of ether oxygens (including phenoxy) is 2. The number of alkyl halides is 3. The van der Waals surface area contributed by atoms with Crippen molar-refractivity contribution in [1.29, 1.82) is 0 Å². The number of aromatic nitrogens is 2. The van der Waals surface area contributed by atoms with E-state index >= 15 is 0 Å². The molecule has 0 unspecified atom stereocenters. The maximum Gasteiger partial charge on any atom is 0.416 e. The Morgan fingerprint density at radius 1 is 0.871 bits per heavy atom. The van der Waals surface area contributed by atoms with Gasteiger partial charge in [-0.1, -0.05) is 30.3 Å². The fourth-order valence-electron chi connectivity index (χ4n) is 2.96. The fourth-order valence-corrected chi connectivity index (χ4v) is 2.96. The second kappa shape index (κ2) is 8.06. The molecule has 156 valence electrons. The molecule has 31 heavy (non-hydrogen) atoms. The largest absolute Gasteiger partial charge is 0.465 e. The molecule has 0 radical (unpaired) electrons. The summed E-state index contributed by atoms with van der Waals surface area (Å²) in [6, 6.07) is 18.3. The SMILES string of the molecule is COC(=O)c1ccc(Oc2nc3cc(C(F)(F)F)ccc3nc2-c2ccccc2)cc1. The number of methoxy groups -OCH3 is 1. The van der Waals surface area contributed by atoms with Crippen LogP contribution in [0.5, 0.6) is 11.6 Å². The number of carbonyl (C=O) groups is 1. The molecule has 0 bridgehead atoms. The third kappa shape index (κ3) is 4.32. The lowest BCUT2D eigenvalue weighted by molar-refractivity contribution is -0.137. The van der Waals surface area contributed by atoms with Crippen LogP contribution in [0.2, 0.25) is 0 Å². The predicted molar refractivity (Wildman–Crippen MR) is 108 cm³/mol. The van der Waals surface area contributed by atoms with Gasteiger partial charge in [0.25, 0.3) is 0 Å². The number of nitrogens with zero attached hydrogens (tertiary/aromatic N) is 2. The van der Waals surface area contributed by atoms with Crippen molar-refractivity contribution in [2.24, 2.45) is 0 Å². The number of halogens is 3. The number of hydrogen-bond donors (Lipinski definition) is 0. The molecular weight excluding hydrogens is 409 g/mol. The molecule has 3 aromatic carbocycles. The Labute approximate surface area is 175 Å². The van der Waals surface area contributed by atoms with Crippen LogP contribution in [-0.4, -0.2) is 23.0 Å². The van der Waals surface area contributed by atoms with Gasteiger partial charge in [0.15, 0.2) is 0 Å². The molecule has 1 aromatic heterocycles. The first kappa shape index (κ1) is 20.3. The van der Waals surface area contributed by atoms with Gasteiger partial charge in [0.2, 0.25) is 5.88 Å². The average Bonchev–Trinajstić information content (AvgIpc) is 2.78. The van der Waals surface area contributed by atoms with Gasteiger partial charge in [-0.05, 0) is 42.5 Å². The molecule has 5 nitrogen and oxygen atoms in total. The van der Waals surface area contributed by atoms with Gasteiger partial charge in [0.1, 0.15) is 11.4 Å². The van der Waals surface area contributed by atoms with E-state index in [4.69, 9.17) is 4.74 Å². The van der Waals surface area contributed by atoms with Crippen molar-refractivity contribution in [3.05, 3.63) is 83.9 Å². The Balaban J connectivity index is 1.81. The zero-order chi connectivity index (χ0) is 22.0. The zero-order valence-corrected chi connectivity index (χ0v) is 16.2. The molecule has 0 atom stereocenters. The Kier molecular flexibility index (Phi) is 5.29. The Morgan fingerprint density at radius 3 is 2.23 bits per heavy atom. The Morgan fingerprint density at radius 2 is 1.58 bits per heavy atom. The van der Waals surface area contributed by atoms with Crippen LogP contribution >= 0.6 is 0 Å². The minimum Gasteiger partial charge on any atom is -0.465 e. The van der Waals surface area contributed by atoms with E-state index in [1.54, 1.807) is 24.3 Å². The predicted octanol–water partition coefficient (Wildman–Crippen LogP) is 5.89. The van der Waals surface area contributed by atoms with Crippen LogP contribution in [0.25, 0.3) is 22.3 Å². The molecule has 0 aliphatic heterocycles. The van der Waals surface area contributed by atoms with Crippen LogP contribution in [0.1, 0.15) is 15.9 Å². The van der Waals surface area contributed by atoms with E-state index in [-0.39, 0.29) is 11.4 Å². The van der Waals surface area contributed by atoms with E-state index in [9.17, 15) is 18.0 Å². The first-order valence-electron chi connectivity index (χ1n) is 9.16. The lowest BCUT2D eigenvalue weighted by atomic mass is 10.1. The number of rotatable bonds is 4. The molecule has 0 amide bonds. The molecule has 4 rings (SSSR count). The number of hydrogen-bond acceptors (Lipinski definition) is 5. The number of benzene rings is 3. The summed E-state index contributed by atoms with van der Waals surface area (Å²) in [5.74, 6) is -0.115. The zero-order valence-electron chi connectivity index (χ0n) is 16.2. The van der Waals surface area contributed by atoms with E-state index < -0.39 is 17.7 Å². The number of esters is 1. The third-order valence-electron chi connectivity index (χ3n) is 4.50. The van der Waals surface area contributed by atoms with E-state index in [1.165, 1.54) is 25.3 Å². The second-order valence-corrected chi connectivity index (χ2v) is 6.56. The lowest BCUT2D eigenvalue weighted by Crippen LogP contribution is -2.05. The van der Waals surface area contributed by atoms with Crippen molar-refractivity contribution in [2.75, 3.05) is 7.11 Å². The van der Waals surface area contributed by atoms with Gasteiger partial charge in [0, 0.05) is 5.56 Å². The topological polar surface area (TPSA) is 61.3 Å². The highest BCUT2D eigenvalue weighted by atomic mass is 19.4. The Hall–Kier alpha value is -3.94. The summed E-state index contributed by atoms with van der Waals surface area (Å²) in [4.78, 5) is 20.4. The van der Waals surface area contributed by atoms with Crippen molar-refractivity contribution >= 4 is 17.0 Å². The molecule has 4 aromatic rings. The standard InChI is InChI=1S/C23H15F3N2O3/c1-30-22(29)15-7-10-17(11-8-15)31-21-20(14-5-3-2-4-6-14)27-18-12-9-16(23(24,25)26)13-19(18)28-21/h2-13H,1H3. The van der Waals surface area contributed by atoms with Gasteiger partial charge in [0.05, 0.1) is 29.3 Å². The van der Waals surface area contributed by atoms with E-state index in [0.29, 0.717) is 28.1 Å². The first-order valence-corrected chi connectivity index (χ1v) is 9.16. The molecule has 0 aliphatic carbocycles. The molecule has 0 N–H and O–H groups in total. The van der Waals surface area contributed by atoms with Gasteiger partial charge in [-0.3, -0.25) is 0 Å². The van der Waals surface area contributed by atoms with Gasteiger partial charge in [-0.15, -0.1) is 0 Å². The van der Waals surface area contributed by atoms with Crippen LogP contribution < -0.4 is 4.74 Å². The molecule has 0 spiro atoms. The van der Waals surface area contributed by atoms with Crippen molar-refractivity contribution in [1.82, 2.24) is 9.97 Å². The van der Waals surface area contributed by atoms with Gasteiger partial charge < -0.3 is 9.47 Å². The second-order valence-electron chi connectivity index (χ2n) is 6.56. The molecule has 8 heteroatoms. The maximum absolute atomic E-state index is 13.1. The molecule has 0 aliphatic rings. The minimum atomic E-state index is -4.50. The summed E-state index contributed by atoms with van der Waals surface area (Å²) < 4.78 is 49.9. The highest BCUT2D eigenvalue weighted by Gasteiger charge is 2.31. The van der Waals surface area contributed by atoms with E-state index in [0.717, 1.165) is 12.1 Å². The summed E-state index contributed by atoms with van der Waals surface area (Å²) in [5.41, 5.74) is 0.937. The normalized spacial score (nSPS) is 11.4. The van der Waals surface area contributed by atoms with E-state index in [2.05, 4.69) is 14.7 Å². The van der Waals surface area contributed by atoms with Crippen molar-refractivity contribution in [2.45, 2.75) is 6.18 Å². The first-order chi connectivity index (χ1) is 14.8. The third-order valence-corrected chi connectivity index (χ3v) is 4.50. The summed E-state index contributed by atoms with van der Waals surface area (Å²) in [5, 5.41) is 0. The smallest absolute Gasteiger partial charge is 0.416 e. The summed E-state index contributed by atoms with van der Waals surface area (Å²) in [6.45, 7) is 0. The van der Waals surface area contributed by atoms with Crippen LogP contribution in [0.15, 0.2) is 72.8 Å². The van der Waals surface area contributed by atoms with Gasteiger partial charge >= 0.3 is 12.1 Å².